The summed E-state index contributed by atoms with van der Waals surface area (Å²) in [4.78, 5) is 34.3. The fourth-order valence-electron chi connectivity index (χ4n) is 1.91. The van der Waals surface area contributed by atoms with E-state index in [1.807, 2.05) is 0 Å². The lowest BCUT2D eigenvalue weighted by molar-refractivity contribution is 0.0696. The van der Waals surface area contributed by atoms with Gasteiger partial charge in [0.1, 0.15) is 5.69 Å². The van der Waals surface area contributed by atoms with Crippen molar-refractivity contribution in [2.45, 2.75) is 6.92 Å². The number of aryl methyl sites for hydroxylation is 1. The summed E-state index contributed by atoms with van der Waals surface area (Å²) in [6.07, 6.45) is 1.57. The third kappa shape index (κ3) is 3.17. The van der Waals surface area contributed by atoms with Crippen molar-refractivity contribution in [3.05, 3.63) is 53.3 Å². The van der Waals surface area contributed by atoms with Gasteiger partial charge in [0.2, 0.25) is 0 Å². The number of Topliss-reactive ketones (excluding diaryl/α,β-unsaturated/α-hetero) is 1. The Morgan fingerprint density at radius 1 is 1.14 bits per heavy atom. The molecule has 0 unspecified atom stereocenters. The van der Waals surface area contributed by atoms with Crippen LogP contribution in [0.4, 0.5) is 5.69 Å². The summed E-state index contributed by atoms with van der Waals surface area (Å²) >= 11 is 0. The van der Waals surface area contributed by atoms with E-state index in [0.29, 0.717) is 16.9 Å². The Labute approximate surface area is 121 Å². The molecule has 2 N–H and O–H groups in total. The molecule has 0 aliphatic heterocycles. The molecule has 0 spiro atoms. The minimum atomic E-state index is -1.07. The molecule has 6 nitrogen and oxygen atoms in total. The molecule has 1 aromatic carbocycles. The van der Waals surface area contributed by atoms with Crippen LogP contribution in [0.15, 0.2) is 36.5 Å². The van der Waals surface area contributed by atoms with Crippen molar-refractivity contribution in [3.63, 3.8) is 0 Å². The molecule has 0 aliphatic carbocycles. The third-order valence-electron chi connectivity index (χ3n) is 3.01. The van der Waals surface area contributed by atoms with E-state index in [1.165, 1.54) is 25.1 Å². The molecule has 21 heavy (non-hydrogen) atoms. The number of hydrogen-bond acceptors (Lipinski definition) is 3. The minimum absolute atomic E-state index is 0.0871. The van der Waals surface area contributed by atoms with E-state index >= 15 is 0 Å². The van der Waals surface area contributed by atoms with Crippen LogP contribution in [0.25, 0.3) is 0 Å². The number of rotatable bonds is 4. The number of carbonyl (C=O) groups excluding carboxylic acids is 2. The van der Waals surface area contributed by atoms with E-state index in [4.69, 9.17) is 5.11 Å². The molecule has 2 aromatic rings. The predicted octanol–water partition coefficient (Wildman–Crippen LogP) is 2.18. The fourth-order valence-corrected chi connectivity index (χ4v) is 1.91. The molecule has 1 heterocycles. The zero-order valence-electron chi connectivity index (χ0n) is 11.6. The second-order valence-electron chi connectivity index (χ2n) is 4.62. The maximum atomic E-state index is 12.2. The number of carboxylic acids is 1. The van der Waals surface area contributed by atoms with Gasteiger partial charge >= 0.3 is 5.97 Å². The largest absolute Gasteiger partial charge is 0.478 e. The van der Waals surface area contributed by atoms with Crippen LogP contribution >= 0.6 is 0 Å². The molecule has 1 amide bonds. The van der Waals surface area contributed by atoms with E-state index in [-0.39, 0.29) is 11.3 Å². The quantitative estimate of drug-likeness (QED) is 0.843. The van der Waals surface area contributed by atoms with Gasteiger partial charge in [-0.1, -0.05) is 6.07 Å². The molecule has 0 saturated heterocycles. The topological polar surface area (TPSA) is 88.4 Å². The molecule has 0 radical (unpaired) electrons. The lowest BCUT2D eigenvalue weighted by Crippen LogP contribution is -2.15. The summed E-state index contributed by atoms with van der Waals surface area (Å²) < 4.78 is 1.55. The van der Waals surface area contributed by atoms with Crippen molar-refractivity contribution in [3.8, 4) is 0 Å². The van der Waals surface area contributed by atoms with Crippen LogP contribution in [-0.4, -0.2) is 27.3 Å². The standard InChI is InChI=1S/C15H14N2O4/c1-9(18)11-7-13(17(2)8-11)14(19)16-12-5-3-4-10(6-12)15(20)21/h3-8H,1-2H3,(H,16,19)(H,20,21). The summed E-state index contributed by atoms with van der Waals surface area (Å²) in [5, 5.41) is 11.5. The second-order valence-corrected chi connectivity index (χ2v) is 4.62. The summed E-state index contributed by atoms with van der Waals surface area (Å²) in [5.74, 6) is -1.60. The first kappa shape index (κ1) is 14.5. The number of ketones is 1. The lowest BCUT2D eigenvalue weighted by atomic mass is 10.2. The van der Waals surface area contributed by atoms with Gasteiger partial charge in [-0.2, -0.15) is 0 Å². The molecule has 0 aliphatic rings. The number of aromatic nitrogens is 1. The highest BCUT2D eigenvalue weighted by Gasteiger charge is 2.14. The Hall–Kier alpha value is -2.89. The number of carboxylic acid groups (broad SMARTS) is 1. The zero-order chi connectivity index (χ0) is 15.6. The van der Waals surface area contributed by atoms with E-state index in [2.05, 4.69) is 5.32 Å². The first-order valence-electron chi connectivity index (χ1n) is 6.20. The van der Waals surface area contributed by atoms with E-state index < -0.39 is 11.9 Å². The highest BCUT2D eigenvalue weighted by atomic mass is 16.4. The Kier molecular flexibility index (Phi) is 3.89. The van der Waals surface area contributed by atoms with Crippen molar-refractivity contribution >= 4 is 23.3 Å². The molecular weight excluding hydrogens is 272 g/mol. The number of nitrogens with zero attached hydrogens (tertiary/aromatic N) is 1. The molecule has 0 fully saturated rings. The molecular formula is C15H14N2O4. The zero-order valence-corrected chi connectivity index (χ0v) is 11.6. The van der Waals surface area contributed by atoms with Crippen molar-refractivity contribution < 1.29 is 19.5 Å². The second kappa shape index (κ2) is 5.62. The Balaban J connectivity index is 2.24. The van der Waals surface area contributed by atoms with E-state index in [0.717, 1.165) is 0 Å². The molecule has 2 rings (SSSR count). The fraction of sp³-hybridized carbons (Fsp3) is 0.133. The van der Waals surface area contributed by atoms with E-state index in [9.17, 15) is 14.4 Å². The van der Waals surface area contributed by atoms with Crippen LogP contribution in [0, 0.1) is 0 Å². The molecule has 0 saturated carbocycles. The number of benzene rings is 1. The smallest absolute Gasteiger partial charge is 0.335 e. The molecule has 0 atom stereocenters. The summed E-state index contributed by atoms with van der Waals surface area (Å²) in [6, 6.07) is 7.45. The van der Waals surface area contributed by atoms with Gasteiger partial charge in [-0.3, -0.25) is 9.59 Å². The van der Waals surface area contributed by atoms with Crippen LogP contribution in [0.3, 0.4) is 0 Å². The molecule has 1 aromatic heterocycles. The maximum absolute atomic E-state index is 12.2. The van der Waals surface area contributed by atoms with Gasteiger partial charge in [0.25, 0.3) is 5.91 Å². The van der Waals surface area contributed by atoms with Crippen molar-refractivity contribution in [1.82, 2.24) is 4.57 Å². The third-order valence-corrected chi connectivity index (χ3v) is 3.01. The number of amides is 1. The average molecular weight is 286 g/mol. The average Bonchev–Trinajstić information content (AvgIpc) is 2.81. The van der Waals surface area contributed by atoms with Gasteiger partial charge in [0.15, 0.2) is 5.78 Å². The van der Waals surface area contributed by atoms with Crippen molar-refractivity contribution in [2.75, 3.05) is 5.32 Å². The summed E-state index contributed by atoms with van der Waals surface area (Å²) in [6.45, 7) is 1.42. The van der Waals surface area contributed by atoms with Crippen molar-refractivity contribution in [1.29, 1.82) is 0 Å². The Morgan fingerprint density at radius 2 is 1.86 bits per heavy atom. The molecule has 108 valence electrons. The van der Waals surface area contributed by atoms with Gasteiger partial charge < -0.3 is 15.0 Å². The number of anilines is 1. The van der Waals surface area contributed by atoms with Gasteiger partial charge in [0.05, 0.1) is 5.56 Å². The number of hydrogen-bond donors (Lipinski definition) is 2. The predicted molar refractivity (Wildman–Crippen MR) is 76.8 cm³/mol. The normalized spacial score (nSPS) is 10.2. The highest BCUT2D eigenvalue weighted by Crippen LogP contribution is 2.14. The first-order valence-corrected chi connectivity index (χ1v) is 6.20. The summed E-state index contributed by atoms with van der Waals surface area (Å²) in [5.41, 5.74) is 1.23. The van der Waals surface area contributed by atoms with Crippen LogP contribution < -0.4 is 5.32 Å². The van der Waals surface area contributed by atoms with Gasteiger partial charge in [-0.25, -0.2) is 4.79 Å². The maximum Gasteiger partial charge on any atom is 0.335 e. The van der Waals surface area contributed by atoms with Crippen LogP contribution in [0.5, 0.6) is 0 Å². The van der Waals surface area contributed by atoms with Gasteiger partial charge in [0, 0.05) is 24.5 Å². The van der Waals surface area contributed by atoms with Crippen LogP contribution in [0.2, 0.25) is 0 Å². The number of nitrogens with one attached hydrogen (secondary N) is 1. The minimum Gasteiger partial charge on any atom is -0.478 e. The van der Waals surface area contributed by atoms with Crippen LogP contribution in [-0.2, 0) is 7.05 Å². The first-order chi connectivity index (χ1) is 9.88. The van der Waals surface area contributed by atoms with Gasteiger partial charge in [-0.15, -0.1) is 0 Å². The van der Waals surface area contributed by atoms with Gasteiger partial charge in [-0.05, 0) is 31.2 Å². The van der Waals surface area contributed by atoms with Crippen molar-refractivity contribution in [2.24, 2.45) is 7.05 Å². The molecule has 0 bridgehead atoms. The Morgan fingerprint density at radius 3 is 2.43 bits per heavy atom. The summed E-state index contributed by atoms with van der Waals surface area (Å²) in [7, 11) is 1.66. The highest BCUT2D eigenvalue weighted by molar-refractivity contribution is 6.06. The molecule has 6 heteroatoms. The SMILES string of the molecule is CC(=O)c1cc(C(=O)Nc2cccc(C(=O)O)c2)n(C)c1. The number of aromatic carboxylic acids is 1. The van der Waals surface area contributed by atoms with Crippen LogP contribution in [0.1, 0.15) is 38.1 Å². The van der Waals surface area contributed by atoms with E-state index in [1.54, 1.807) is 29.9 Å². The number of carbonyl (C=O) groups is 3. The Bertz CT molecular complexity index is 731. The monoisotopic (exact) mass is 286 g/mol. The lowest BCUT2D eigenvalue weighted by Gasteiger charge is -2.06.